The van der Waals surface area contributed by atoms with Crippen molar-refractivity contribution in [2.75, 3.05) is 12.8 Å². The van der Waals surface area contributed by atoms with E-state index in [0.717, 1.165) is 48.1 Å². The number of rotatable bonds is 2. The van der Waals surface area contributed by atoms with E-state index in [2.05, 4.69) is 11.1 Å². The smallest absolute Gasteiger partial charge is 0.337 e. The van der Waals surface area contributed by atoms with Gasteiger partial charge < -0.3 is 10.5 Å². The number of aromatic nitrogens is 1. The first kappa shape index (κ1) is 15.0. The van der Waals surface area contributed by atoms with Crippen molar-refractivity contribution in [3.8, 4) is 17.2 Å². The van der Waals surface area contributed by atoms with E-state index in [4.69, 9.17) is 10.5 Å². The van der Waals surface area contributed by atoms with Crippen LogP contribution >= 0.6 is 0 Å². The van der Waals surface area contributed by atoms with Crippen LogP contribution in [0.3, 0.4) is 0 Å². The van der Waals surface area contributed by atoms with Crippen molar-refractivity contribution >= 4 is 11.8 Å². The van der Waals surface area contributed by atoms with Gasteiger partial charge in [0.2, 0.25) is 0 Å². The largest absolute Gasteiger partial charge is 0.465 e. The number of hydrogen-bond donors (Lipinski definition) is 1. The van der Waals surface area contributed by atoms with Gasteiger partial charge in [-0.1, -0.05) is 12.1 Å². The lowest BCUT2D eigenvalue weighted by Gasteiger charge is -2.21. The molecule has 5 nitrogen and oxygen atoms in total. The molecule has 0 fully saturated rings. The van der Waals surface area contributed by atoms with Crippen molar-refractivity contribution in [2.45, 2.75) is 25.7 Å². The third-order valence-electron chi connectivity index (χ3n) is 4.21. The number of fused-ring (bicyclic) bond motifs is 1. The van der Waals surface area contributed by atoms with E-state index in [1.807, 2.05) is 12.1 Å². The molecule has 0 saturated heterocycles. The number of nitrogens with zero attached hydrogens (tertiary/aromatic N) is 2. The van der Waals surface area contributed by atoms with Gasteiger partial charge in [0.1, 0.15) is 17.5 Å². The van der Waals surface area contributed by atoms with Gasteiger partial charge in [-0.25, -0.2) is 9.78 Å². The molecule has 0 unspecified atom stereocenters. The molecule has 116 valence electrons. The molecule has 23 heavy (non-hydrogen) atoms. The van der Waals surface area contributed by atoms with E-state index in [-0.39, 0.29) is 11.8 Å². The fourth-order valence-electron chi connectivity index (χ4n) is 3.08. The van der Waals surface area contributed by atoms with Crippen molar-refractivity contribution < 1.29 is 9.53 Å². The Balaban J connectivity index is 2.17. The number of esters is 1. The zero-order chi connectivity index (χ0) is 16.4. The number of nitrogens with two attached hydrogens (primary N) is 1. The highest BCUT2D eigenvalue weighted by atomic mass is 16.5. The van der Waals surface area contributed by atoms with Crippen molar-refractivity contribution in [2.24, 2.45) is 0 Å². The number of carbonyl (C=O) groups excluding carboxylic acids is 1. The van der Waals surface area contributed by atoms with Crippen LogP contribution in [0.2, 0.25) is 0 Å². The number of ether oxygens (including phenoxy) is 1. The highest BCUT2D eigenvalue weighted by Gasteiger charge is 2.22. The van der Waals surface area contributed by atoms with Gasteiger partial charge in [-0.05, 0) is 48.9 Å². The second-order valence-electron chi connectivity index (χ2n) is 5.56. The Morgan fingerprint density at radius 2 is 1.96 bits per heavy atom. The minimum Gasteiger partial charge on any atom is -0.465 e. The van der Waals surface area contributed by atoms with Gasteiger partial charge in [0.05, 0.1) is 12.7 Å². The second-order valence-corrected chi connectivity index (χ2v) is 5.56. The first-order chi connectivity index (χ1) is 11.2. The van der Waals surface area contributed by atoms with Gasteiger partial charge in [-0.15, -0.1) is 0 Å². The highest BCUT2D eigenvalue weighted by Crippen LogP contribution is 2.35. The van der Waals surface area contributed by atoms with Crippen LogP contribution in [0.5, 0.6) is 0 Å². The summed E-state index contributed by atoms with van der Waals surface area (Å²) >= 11 is 0. The molecule has 0 atom stereocenters. The number of pyridine rings is 1. The Hall–Kier alpha value is -2.87. The summed E-state index contributed by atoms with van der Waals surface area (Å²) in [6.45, 7) is 0. The molecule has 1 aliphatic rings. The van der Waals surface area contributed by atoms with Crippen LogP contribution in [0, 0.1) is 11.3 Å². The molecule has 2 aromatic rings. The fourth-order valence-corrected chi connectivity index (χ4v) is 3.08. The molecule has 1 aliphatic carbocycles. The standard InChI is InChI=1S/C18H17N3O2/c1-23-18(22)12-8-6-11(7-9-12)16-13-4-2-3-5-15(13)21-17(20)14(16)10-19/h6-9H,2-5H2,1H3,(H2,20,21). The Bertz CT molecular complexity index is 804. The van der Waals surface area contributed by atoms with E-state index in [1.165, 1.54) is 7.11 Å². The third kappa shape index (κ3) is 2.64. The summed E-state index contributed by atoms with van der Waals surface area (Å²) in [6, 6.07) is 9.25. The Kier molecular flexibility index (Phi) is 3.98. The molecular weight excluding hydrogens is 290 g/mol. The molecule has 1 heterocycles. The summed E-state index contributed by atoms with van der Waals surface area (Å²) in [5, 5.41) is 9.50. The third-order valence-corrected chi connectivity index (χ3v) is 4.21. The zero-order valence-electron chi connectivity index (χ0n) is 12.9. The molecule has 0 bridgehead atoms. The number of carbonyl (C=O) groups is 1. The summed E-state index contributed by atoms with van der Waals surface area (Å²) in [4.78, 5) is 16.0. The Morgan fingerprint density at radius 3 is 2.61 bits per heavy atom. The van der Waals surface area contributed by atoms with Crippen LogP contribution in [0.15, 0.2) is 24.3 Å². The first-order valence-corrected chi connectivity index (χ1v) is 7.55. The van der Waals surface area contributed by atoms with Crippen LogP contribution in [0.25, 0.3) is 11.1 Å². The van der Waals surface area contributed by atoms with Crippen LogP contribution < -0.4 is 5.73 Å². The second kappa shape index (κ2) is 6.09. The van der Waals surface area contributed by atoms with Crippen molar-refractivity contribution in [3.63, 3.8) is 0 Å². The molecule has 0 aliphatic heterocycles. The van der Waals surface area contributed by atoms with Gasteiger partial charge >= 0.3 is 5.97 Å². The molecule has 0 amide bonds. The number of nitrogen functional groups attached to an aromatic ring is 1. The molecule has 3 rings (SSSR count). The van der Waals surface area contributed by atoms with Gasteiger partial charge in [0.15, 0.2) is 0 Å². The number of anilines is 1. The van der Waals surface area contributed by atoms with E-state index in [9.17, 15) is 10.1 Å². The number of benzene rings is 1. The lowest BCUT2D eigenvalue weighted by atomic mass is 9.86. The normalized spacial score (nSPS) is 13.0. The van der Waals surface area contributed by atoms with Crippen LogP contribution in [-0.4, -0.2) is 18.1 Å². The summed E-state index contributed by atoms with van der Waals surface area (Å²) in [6.07, 6.45) is 3.95. The average molecular weight is 307 g/mol. The molecule has 0 radical (unpaired) electrons. The zero-order valence-corrected chi connectivity index (χ0v) is 12.9. The van der Waals surface area contributed by atoms with Crippen LogP contribution in [0.1, 0.15) is 40.0 Å². The molecule has 1 aromatic carbocycles. The number of nitriles is 1. The SMILES string of the molecule is COC(=O)c1ccc(-c2c(C#N)c(N)nc3c2CCCC3)cc1. The quantitative estimate of drug-likeness (QED) is 0.862. The van der Waals surface area contributed by atoms with Crippen molar-refractivity contribution in [1.82, 2.24) is 4.98 Å². The molecule has 2 N–H and O–H groups in total. The maximum atomic E-state index is 11.6. The van der Waals surface area contributed by atoms with Gasteiger partial charge in [-0.2, -0.15) is 5.26 Å². The predicted molar refractivity (Wildman–Crippen MR) is 86.8 cm³/mol. The first-order valence-electron chi connectivity index (χ1n) is 7.55. The van der Waals surface area contributed by atoms with Crippen LogP contribution in [0.4, 0.5) is 5.82 Å². The summed E-state index contributed by atoms with van der Waals surface area (Å²) in [5.41, 5.74) is 10.7. The predicted octanol–water partition coefficient (Wildman–Crippen LogP) is 2.87. The van der Waals surface area contributed by atoms with Crippen molar-refractivity contribution in [3.05, 3.63) is 46.6 Å². The highest BCUT2D eigenvalue weighted by molar-refractivity contribution is 5.90. The Morgan fingerprint density at radius 1 is 1.26 bits per heavy atom. The number of methoxy groups -OCH3 is 1. The van der Waals surface area contributed by atoms with E-state index < -0.39 is 0 Å². The molecule has 0 saturated carbocycles. The van der Waals surface area contributed by atoms with Crippen molar-refractivity contribution in [1.29, 1.82) is 5.26 Å². The molecule has 1 aromatic heterocycles. The number of hydrogen-bond acceptors (Lipinski definition) is 5. The van der Waals surface area contributed by atoms with Crippen LogP contribution in [-0.2, 0) is 17.6 Å². The molecule has 0 spiro atoms. The lowest BCUT2D eigenvalue weighted by Crippen LogP contribution is -2.12. The monoisotopic (exact) mass is 307 g/mol. The molecule has 5 heteroatoms. The fraction of sp³-hybridized carbons (Fsp3) is 0.278. The van der Waals surface area contributed by atoms with E-state index in [0.29, 0.717) is 11.1 Å². The van der Waals surface area contributed by atoms with Gasteiger partial charge in [0, 0.05) is 11.3 Å². The summed E-state index contributed by atoms with van der Waals surface area (Å²) < 4.78 is 4.72. The summed E-state index contributed by atoms with van der Waals surface area (Å²) in [5.74, 6) is -0.103. The maximum Gasteiger partial charge on any atom is 0.337 e. The summed E-state index contributed by atoms with van der Waals surface area (Å²) in [7, 11) is 1.35. The number of aryl methyl sites for hydroxylation is 1. The minimum atomic E-state index is -0.381. The maximum absolute atomic E-state index is 11.6. The lowest BCUT2D eigenvalue weighted by molar-refractivity contribution is 0.0601. The van der Waals surface area contributed by atoms with E-state index >= 15 is 0 Å². The topological polar surface area (TPSA) is 89.0 Å². The minimum absolute atomic E-state index is 0.278. The van der Waals surface area contributed by atoms with Gasteiger partial charge in [0.25, 0.3) is 0 Å². The van der Waals surface area contributed by atoms with Gasteiger partial charge in [-0.3, -0.25) is 0 Å². The Labute approximate surface area is 134 Å². The molecular formula is C18H17N3O2. The average Bonchev–Trinajstić information content (AvgIpc) is 2.60. The van der Waals surface area contributed by atoms with E-state index in [1.54, 1.807) is 12.1 Å².